The zero-order chi connectivity index (χ0) is 15.4. The van der Waals surface area contributed by atoms with E-state index in [1.165, 1.54) is 11.8 Å². The summed E-state index contributed by atoms with van der Waals surface area (Å²) in [6.45, 7) is 5.42. The Labute approximate surface area is 132 Å². The predicted molar refractivity (Wildman–Crippen MR) is 87.8 cm³/mol. The number of amidine groups is 1. The van der Waals surface area contributed by atoms with E-state index in [0.29, 0.717) is 21.6 Å². The van der Waals surface area contributed by atoms with Crippen molar-refractivity contribution in [2.75, 3.05) is 5.75 Å². The van der Waals surface area contributed by atoms with Gasteiger partial charge in [-0.05, 0) is 24.6 Å². The van der Waals surface area contributed by atoms with Crippen molar-refractivity contribution in [3.05, 3.63) is 58.8 Å². The number of nitrogens with zero attached hydrogens (tertiary/aromatic N) is 1. The number of carboxylic acid groups (broad SMARTS) is 1. The number of carboxylic acids is 1. The minimum absolute atomic E-state index is 0.250. The zero-order valence-corrected chi connectivity index (χ0v) is 13.0. The molecule has 0 radical (unpaired) electrons. The number of nitrogens with one attached hydrogen (secondary N) is 1. The number of halogens is 1. The molecule has 1 aromatic carbocycles. The molecule has 1 heterocycles. The summed E-state index contributed by atoms with van der Waals surface area (Å²) < 4.78 is 0. The van der Waals surface area contributed by atoms with Crippen molar-refractivity contribution >= 4 is 34.5 Å². The average molecular weight is 323 g/mol. The molecule has 0 spiro atoms. The van der Waals surface area contributed by atoms with Crippen LogP contribution in [0.5, 0.6) is 0 Å². The fourth-order valence-corrected chi connectivity index (χ4v) is 2.83. The molecular formula is C15H15ClN2O2S. The first-order valence-corrected chi connectivity index (χ1v) is 7.67. The van der Waals surface area contributed by atoms with Crippen LogP contribution in [0.25, 0.3) is 0 Å². The van der Waals surface area contributed by atoms with Crippen molar-refractivity contribution in [3.63, 3.8) is 0 Å². The van der Waals surface area contributed by atoms with Crippen LogP contribution in [0.15, 0.2) is 53.2 Å². The normalized spacial score (nSPS) is 18.0. The smallest absolute Gasteiger partial charge is 0.335 e. The molecule has 1 atom stereocenters. The number of hydrogen-bond donors (Lipinski definition) is 2. The number of aliphatic imine (C=N–C) groups is 1. The molecule has 1 unspecified atom stereocenters. The highest BCUT2D eigenvalue weighted by molar-refractivity contribution is 8.13. The first-order valence-electron chi connectivity index (χ1n) is 6.31. The number of rotatable bonds is 4. The Morgan fingerprint density at radius 2 is 2.19 bits per heavy atom. The Bertz CT molecular complexity index is 623. The molecule has 0 aliphatic carbocycles. The summed E-state index contributed by atoms with van der Waals surface area (Å²) in [6, 6.07) is 6.54. The maximum Gasteiger partial charge on any atom is 0.335 e. The van der Waals surface area contributed by atoms with E-state index in [-0.39, 0.29) is 5.57 Å². The lowest BCUT2D eigenvalue weighted by Gasteiger charge is -2.24. The zero-order valence-electron chi connectivity index (χ0n) is 11.5. The van der Waals surface area contributed by atoms with E-state index >= 15 is 0 Å². The standard InChI is InChI=1S/C15H15ClN2O2S/c1-3-8-21-15-17-9(2)12(14(19)20)13(18-15)10-4-6-11(16)7-5-10/h3-7,13H,1,8H2,2H3,(H,17,18)(H,19,20). The van der Waals surface area contributed by atoms with Crippen LogP contribution < -0.4 is 5.32 Å². The van der Waals surface area contributed by atoms with E-state index in [1.807, 2.05) is 0 Å². The van der Waals surface area contributed by atoms with Crippen molar-refractivity contribution in [2.24, 2.45) is 4.99 Å². The van der Waals surface area contributed by atoms with Gasteiger partial charge in [0.15, 0.2) is 5.17 Å². The molecule has 0 saturated heterocycles. The van der Waals surface area contributed by atoms with Gasteiger partial charge in [-0.2, -0.15) is 0 Å². The number of allylic oxidation sites excluding steroid dienone is 1. The Balaban J connectivity index is 2.41. The van der Waals surface area contributed by atoms with Crippen LogP contribution in [0.4, 0.5) is 0 Å². The summed E-state index contributed by atoms with van der Waals surface area (Å²) in [5.41, 5.74) is 1.65. The SMILES string of the molecule is C=CCSC1=NC(c2ccc(Cl)cc2)C(C(=O)O)=C(C)N1. The van der Waals surface area contributed by atoms with Gasteiger partial charge in [-0.15, -0.1) is 6.58 Å². The van der Waals surface area contributed by atoms with Crippen LogP contribution in [0.3, 0.4) is 0 Å². The molecule has 6 heteroatoms. The molecule has 2 N–H and O–H groups in total. The first-order chi connectivity index (χ1) is 10.0. The highest BCUT2D eigenvalue weighted by Gasteiger charge is 2.28. The number of thioether (sulfide) groups is 1. The maximum absolute atomic E-state index is 11.5. The van der Waals surface area contributed by atoms with Gasteiger partial charge in [0.05, 0.1) is 5.57 Å². The van der Waals surface area contributed by atoms with Crippen LogP contribution in [0.2, 0.25) is 5.02 Å². The molecule has 2 rings (SSSR count). The second kappa shape index (κ2) is 6.83. The Hall–Kier alpha value is -1.72. The number of aliphatic carboxylic acids is 1. The Morgan fingerprint density at radius 3 is 2.76 bits per heavy atom. The van der Waals surface area contributed by atoms with Gasteiger partial charge in [-0.3, -0.25) is 0 Å². The lowest BCUT2D eigenvalue weighted by molar-refractivity contribution is -0.133. The van der Waals surface area contributed by atoms with E-state index in [1.54, 1.807) is 37.3 Å². The van der Waals surface area contributed by atoms with Gasteiger partial charge >= 0.3 is 5.97 Å². The highest BCUT2D eigenvalue weighted by atomic mass is 35.5. The Morgan fingerprint density at radius 1 is 1.52 bits per heavy atom. The molecular weight excluding hydrogens is 308 g/mol. The van der Waals surface area contributed by atoms with Crippen molar-refractivity contribution in [1.29, 1.82) is 0 Å². The molecule has 21 heavy (non-hydrogen) atoms. The maximum atomic E-state index is 11.5. The van der Waals surface area contributed by atoms with E-state index < -0.39 is 12.0 Å². The van der Waals surface area contributed by atoms with E-state index in [2.05, 4.69) is 16.9 Å². The third-order valence-electron chi connectivity index (χ3n) is 2.97. The van der Waals surface area contributed by atoms with Gasteiger partial charge in [0.25, 0.3) is 0 Å². The molecule has 1 aromatic rings. The molecule has 1 aliphatic rings. The highest BCUT2D eigenvalue weighted by Crippen LogP contribution is 2.32. The van der Waals surface area contributed by atoms with Crippen molar-refractivity contribution in [2.45, 2.75) is 13.0 Å². The molecule has 0 fully saturated rings. The van der Waals surface area contributed by atoms with E-state index in [4.69, 9.17) is 11.6 Å². The summed E-state index contributed by atoms with van der Waals surface area (Å²) in [4.78, 5) is 16.0. The molecule has 1 aliphatic heterocycles. The second-order valence-corrected chi connectivity index (χ2v) is 5.90. The lowest BCUT2D eigenvalue weighted by atomic mass is 9.97. The minimum atomic E-state index is -0.975. The van der Waals surface area contributed by atoms with Crippen LogP contribution >= 0.6 is 23.4 Å². The summed E-state index contributed by atoms with van der Waals surface area (Å²) >= 11 is 7.37. The van der Waals surface area contributed by atoms with Gasteiger partial charge in [0.1, 0.15) is 6.04 Å². The predicted octanol–water partition coefficient (Wildman–Crippen LogP) is 3.62. The third-order valence-corrected chi connectivity index (χ3v) is 4.11. The summed E-state index contributed by atoms with van der Waals surface area (Å²) in [5.74, 6) is -0.272. The average Bonchev–Trinajstić information content (AvgIpc) is 2.44. The molecule has 0 bridgehead atoms. The fourth-order valence-electron chi connectivity index (χ4n) is 2.02. The van der Waals surface area contributed by atoms with E-state index in [0.717, 1.165) is 5.56 Å². The number of hydrogen-bond acceptors (Lipinski definition) is 4. The topological polar surface area (TPSA) is 61.7 Å². The fraction of sp³-hybridized carbons (Fsp3) is 0.200. The first kappa shape index (κ1) is 15.7. The van der Waals surface area contributed by atoms with Gasteiger partial charge in [0.2, 0.25) is 0 Å². The molecule has 4 nitrogen and oxygen atoms in total. The third kappa shape index (κ3) is 3.68. The van der Waals surface area contributed by atoms with Crippen molar-refractivity contribution < 1.29 is 9.90 Å². The van der Waals surface area contributed by atoms with Gasteiger partial charge in [-0.25, -0.2) is 9.79 Å². The largest absolute Gasteiger partial charge is 0.478 e. The van der Waals surface area contributed by atoms with Crippen LogP contribution in [-0.2, 0) is 4.79 Å². The number of benzene rings is 1. The molecule has 0 saturated carbocycles. The summed E-state index contributed by atoms with van der Waals surface area (Å²) in [5, 5.41) is 13.8. The van der Waals surface area contributed by atoms with Crippen molar-refractivity contribution in [3.8, 4) is 0 Å². The quantitative estimate of drug-likeness (QED) is 0.831. The van der Waals surface area contributed by atoms with Crippen LogP contribution in [-0.4, -0.2) is 22.0 Å². The molecule has 110 valence electrons. The monoisotopic (exact) mass is 322 g/mol. The summed E-state index contributed by atoms with van der Waals surface area (Å²) in [6.07, 6.45) is 1.78. The van der Waals surface area contributed by atoms with Crippen molar-refractivity contribution in [1.82, 2.24) is 5.32 Å². The van der Waals surface area contributed by atoms with Gasteiger partial charge < -0.3 is 10.4 Å². The van der Waals surface area contributed by atoms with Gasteiger partial charge in [0, 0.05) is 16.5 Å². The van der Waals surface area contributed by atoms with Crippen LogP contribution in [0.1, 0.15) is 18.5 Å². The second-order valence-electron chi connectivity index (χ2n) is 4.46. The summed E-state index contributed by atoms with van der Waals surface area (Å²) in [7, 11) is 0. The van der Waals surface area contributed by atoms with Crippen LogP contribution in [0, 0.1) is 0 Å². The molecule has 0 amide bonds. The minimum Gasteiger partial charge on any atom is -0.478 e. The Kier molecular flexibility index (Phi) is 5.09. The number of carbonyl (C=O) groups is 1. The van der Waals surface area contributed by atoms with Gasteiger partial charge in [-0.1, -0.05) is 41.6 Å². The van der Waals surface area contributed by atoms with E-state index in [9.17, 15) is 9.90 Å². The molecule has 0 aromatic heterocycles. The lowest BCUT2D eigenvalue weighted by Crippen LogP contribution is -2.29.